The van der Waals surface area contributed by atoms with Gasteiger partial charge < -0.3 is 4.90 Å². The number of hydrogen-bond donors (Lipinski definition) is 1. The lowest BCUT2D eigenvalue weighted by Gasteiger charge is -2.36. The van der Waals surface area contributed by atoms with Gasteiger partial charge in [0.05, 0.1) is 16.3 Å². The molecule has 1 aliphatic heterocycles. The maximum Gasteiger partial charge on any atom is 0.324 e. The molecule has 4 rings (SSSR count). The Morgan fingerprint density at radius 3 is 2.33 bits per heavy atom. The van der Waals surface area contributed by atoms with Crippen LogP contribution in [0.2, 0.25) is 0 Å². The Balaban J connectivity index is 1.58. The van der Waals surface area contributed by atoms with Gasteiger partial charge in [-0.05, 0) is 60.5 Å². The Morgan fingerprint density at radius 2 is 1.61 bits per heavy atom. The van der Waals surface area contributed by atoms with Gasteiger partial charge in [-0.3, -0.25) is 9.62 Å². The summed E-state index contributed by atoms with van der Waals surface area (Å²) in [4.78, 5) is 16.0. The molecule has 0 atom stereocenters. The summed E-state index contributed by atoms with van der Waals surface area (Å²) in [5.74, 6) is -2.52. The molecule has 1 saturated heterocycles. The van der Waals surface area contributed by atoms with Gasteiger partial charge in [-0.15, -0.1) is 0 Å². The molecule has 0 bridgehead atoms. The van der Waals surface area contributed by atoms with Gasteiger partial charge in [0, 0.05) is 19.6 Å². The lowest BCUT2D eigenvalue weighted by Crippen LogP contribution is -2.49. The Morgan fingerprint density at radius 1 is 0.879 bits per heavy atom. The standard InChI is InChI=1S/C23H20F3N3O3S/c24-17-7-9-18(10-8-17)33(31,32)27-21-4-1-2-5-22(21)29-13-3-12-28(23(29)30)15-16-6-11-19(25)20(26)14-16/h1-2,4-11,14,27H,3,12-13,15H2. The quantitative estimate of drug-likeness (QED) is 0.560. The summed E-state index contributed by atoms with van der Waals surface area (Å²) in [7, 11) is -4.03. The topological polar surface area (TPSA) is 69.7 Å². The predicted octanol–water partition coefficient (Wildman–Crippen LogP) is 4.74. The first-order chi connectivity index (χ1) is 15.7. The predicted molar refractivity (Wildman–Crippen MR) is 118 cm³/mol. The van der Waals surface area contributed by atoms with Crippen molar-refractivity contribution in [3.8, 4) is 0 Å². The van der Waals surface area contributed by atoms with Crippen LogP contribution in [0, 0.1) is 17.5 Å². The van der Waals surface area contributed by atoms with Crippen LogP contribution in [-0.4, -0.2) is 32.4 Å². The van der Waals surface area contributed by atoms with E-state index in [-0.39, 0.29) is 23.2 Å². The normalized spacial score (nSPS) is 14.5. The highest BCUT2D eigenvalue weighted by Crippen LogP contribution is 2.31. The number of para-hydroxylation sites is 2. The van der Waals surface area contributed by atoms with Crippen molar-refractivity contribution in [1.29, 1.82) is 0 Å². The van der Waals surface area contributed by atoms with E-state index < -0.39 is 27.5 Å². The van der Waals surface area contributed by atoms with E-state index in [1.54, 1.807) is 18.2 Å². The lowest BCUT2D eigenvalue weighted by atomic mass is 10.1. The van der Waals surface area contributed by atoms with Crippen molar-refractivity contribution < 1.29 is 26.4 Å². The van der Waals surface area contributed by atoms with Gasteiger partial charge in [0.2, 0.25) is 0 Å². The second-order valence-electron chi connectivity index (χ2n) is 7.53. The molecule has 0 aromatic heterocycles. The number of halogens is 3. The zero-order valence-corrected chi connectivity index (χ0v) is 18.2. The third-order valence-electron chi connectivity index (χ3n) is 5.23. The Hall–Kier alpha value is -3.53. The van der Waals surface area contributed by atoms with E-state index in [4.69, 9.17) is 0 Å². The van der Waals surface area contributed by atoms with Crippen molar-refractivity contribution in [3.63, 3.8) is 0 Å². The summed E-state index contributed by atoms with van der Waals surface area (Å²) in [5, 5.41) is 0. The van der Waals surface area contributed by atoms with Gasteiger partial charge in [-0.1, -0.05) is 18.2 Å². The minimum absolute atomic E-state index is 0.0794. The number of nitrogens with zero attached hydrogens (tertiary/aromatic N) is 2. The molecule has 6 nitrogen and oxygen atoms in total. The number of rotatable bonds is 6. The fourth-order valence-corrected chi connectivity index (χ4v) is 4.70. The molecule has 3 aromatic carbocycles. The fraction of sp³-hybridized carbons (Fsp3) is 0.174. The van der Waals surface area contributed by atoms with Crippen molar-refractivity contribution in [3.05, 3.63) is 89.7 Å². The highest BCUT2D eigenvalue weighted by Gasteiger charge is 2.29. The SMILES string of the molecule is O=C1N(Cc2ccc(F)c(F)c2)CCCN1c1ccccc1NS(=O)(=O)c1ccc(F)cc1. The Kier molecular flexibility index (Phi) is 6.28. The summed E-state index contributed by atoms with van der Waals surface area (Å²) < 4.78 is 68.0. The van der Waals surface area contributed by atoms with E-state index in [1.807, 2.05) is 0 Å². The number of anilines is 2. The zero-order valence-electron chi connectivity index (χ0n) is 17.3. The summed E-state index contributed by atoms with van der Waals surface area (Å²) >= 11 is 0. The number of sulfonamides is 1. The molecule has 1 N–H and O–H groups in total. The van der Waals surface area contributed by atoms with Crippen molar-refractivity contribution >= 4 is 27.4 Å². The Bertz CT molecular complexity index is 1280. The third-order valence-corrected chi connectivity index (χ3v) is 6.61. The molecule has 0 aliphatic carbocycles. The lowest BCUT2D eigenvalue weighted by molar-refractivity contribution is 0.192. The number of carbonyl (C=O) groups is 1. The molecular weight excluding hydrogens is 455 g/mol. The van der Waals surface area contributed by atoms with Crippen LogP contribution in [0.1, 0.15) is 12.0 Å². The molecule has 0 unspecified atom stereocenters. The number of amides is 2. The first kappa shape index (κ1) is 22.7. The molecule has 33 heavy (non-hydrogen) atoms. The van der Waals surface area contributed by atoms with Crippen LogP contribution in [-0.2, 0) is 16.6 Å². The highest BCUT2D eigenvalue weighted by molar-refractivity contribution is 7.92. The first-order valence-electron chi connectivity index (χ1n) is 10.1. The van der Waals surface area contributed by atoms with Crippen molar-refractivity contribution in [1.82, 2.24) is 4.90 Å². The minimum atomic E-state index is -4.03. The highest BCUT2D eigenvalue weighted by atomic mass is 32.2. The second kappa shape index (κ2) is 9.14. The monoisotopic (exact) mass is 475 g/mol. The molecule has 172 valence electrons. The van der Waals surface area contributed by atoms with E-state index in [9.17, 15) is 26.4 Å². The maximum absolute atomic E-state index is 13.6. The van der Waals surface area contributed by atoms with Gasteiger partial charge in [-0.25, -0.2) is 26.4 Å². The van der Waals surface area contributed by atoms with Crippen LogP contribution < -0.4 is 9.62 Å². The van der Waals surface area contributed by atoms with Crippen LogP contribution in [0.3, 0.4) is 0 Å². The average molecular weight is 475 g/mol. The van der Waals surface area contributed by atoms with Crippen molar-refractivity contribution in [2.45, 2.75) is 17.9 Å². The number of hydrogen-bond acceptors (Lipinski definition) is 3. The molecule has 1 fully saturated rings. The van der Waals surface area contributed by atoms with Crippen LogP contribution in [0.5, 0.6) is 0 Å². The Labute approximate surface area is 189 Å². The van der Waals surface area contributed by atoms with Crippen LogP contribution in [0.4, 0.5) is 29.3 Å². The largest absolute Gasteiger partial charge is 0.324 e. The summed E-state index contributed by atoms with van der Waals surface area (Å²) in [6.45, 7) is 0.843. The van der Waals surface area contributed by atoms with Crippen LogP contribution in [0.15, 0.2) is 71.6 Å². The van der Waals surface area contributed by atoms with Gasteiger partial charge in [0.25, 0.3) is 10.0 Å². The van der Waals surface area contributed by atoms with Crippen LogP contribution >= 0.6 is 0 Å². The molecule has 10 heteroatoms. The van der Waals surface area contributed by atoms with Crippen molar-refractivity contribution in [2.75, 3.05) is 22.7 Å². The summed E-state index contributed by atoms with van der Waals surface area (Å²) in [6.07, 6.45) is 0.592. The zero-order chi connectivity index (χ0) is 23.6. The fourth-order valence-electron chi connectivity index (χ4n) is 3.62. The number of urea groups is 1. The van der Waals surface area contributed by atoms with E-state index >= 15 is 0 Å². The molecule has 0 radical (unpaired) electrons. The van der Waals surface area contributed by atoms with Gasteiger partial charge >= 0.3 is 6.03 Å². The molecule has 2 amide bonds. The van der Waals surface area contributed by atoms with Gasteiger partial charge in [0.15, 0.2) is 11.6 Å². The molecule has 1 aliphatic rings. The van der Waals surface area contributed by atoms with E-state index in [1.165, 1.54) is 21.9 Å². The second-order valence-corrected chi connectivity index (χ2v) is 9.22. The number of nitrogens with one attached hydrogen (secondary N) is 1. The van der Waals surface area contributed by atoms with Gasteiger partial charge in [-0.2, -0.15) is 0 Å². The number of carbonyl (C=O) groups excluding carboxylic acids is 1. The average Bonchev–Trinajstić information content (AvgIpc) is 2.78. The molecule has 0 spiro atoms. The van der Waals surface area contributed by atoms with Crippen molar-refractivity contribution in [2.24, 2.45) is 0 Å². The molecule has 3 aromatic rings. The van der Waals surface area contributed by atoms with E-state index in [0.29, 0.717) is 30.8 Å². The third kappa shape index (κ3) is 4.95. The van der Waals surface area contributed by atoms with E-state index in [0.717, 1.165) is 36.4 Å². The minimum Gasteiger partial charge on any atom is -0.320 e. The molecule has 1 heterocycles. The van der Waals surface area contributed by atoms with E-state index in [2.05, 4.69) is 4.72 Å². The maximum atomic E-state index is 13.6. The molecule has 0 saturated carbocycles. The molecular formula is C23H20F3N3O3S. The summed E-state index contributed by atoms with van der Waals surface area (Å²) in [6, 6.07) is 13.9. The number of benzene rings is 3. The smallest absolute Gasteiger partial charge is 0.320 e. The van der Waals surface area contributed by atoms with Crippen LogP contribution in [0.25, 0.3) is 0 Å². The first-order valence-corrected chi connectivity index (χ1v) is 11.6. The van der Waals surface area contributed by atoms with Gasteiger partial charge in [0.1, 0.15) is 5.82 Å². The summed E-state index contributed by atoms with van der Waals surface area (Å²) in [5.41, 5.74) is 0.974.